The number of hydrogen-bond acceptors (Lipinski definition) is 7. The van der Waals surface area contributed by atoms with Crippen molar-refractivity contribution >= 4 is 33.5 Å². The lowest BCUT2D eigenvalue weighted by Crippen LogP contribution is -2.40. The lowest BCUT2D eigenvalue weighted by atomic mass is 9.84. The van der Waals surface area contributed by atoms with Crippen LogP contribution in [-0.2, 0) is 26.0 Å². The van der Waals surface area contributed by atoms with Gasteiger partial charge < -0.3 is 9.47 Å². The minimum Gasteiger partial charge on any atom is -0.476 e. The van der Waals surface area contributed by atoms with E-state index < -0.39 is 21.6 Å². The first-order chi connectivity index (χ1) is 17.8. The smallest absolute Gasteiger partial charge is 0.349 e. The highest BCUT2D eigenvalue weighted by Crippen LogP contribution is 2.34. The van der Waals surface area contributed by atoms with Gasteiger partial charge in [0.1, 0.15) is 5.75 Å². The van der Waals surface area contributed by atoms with Gasteiger partial charge >= 0.3 is 5.97 Å². The summed E-state index contributed by atoms with van der Waals surface area (Å²) < 4.78 is 37.3. The monoisotopic (exact) mass is 561 g/mol. The molecule has 0 unspecified atom stereocenters. The molecule has 2 atom stereocenters. The summed E-state index contributed by atoms with van der Waals surface area (Å²) in [7, 11) is -3.40. The highest BCUT2D eigenvalue weighted by atomic mass is 32.2. The molecule has 9 heteroatoms. The zero-order valence-electron chi connectivity index (χ0n) is 23.4. The fourth-order valence-electron chi connectivity index (χ4n) is 4.96. The molecular weight excluding hydrogens is 522 g/mol. The van der Waals surface area contributed by atoms with Gasteiger partial charge in [-0.1, -0.05) is 24.3 Å². The van der Waals surface area contributed by atoms with Crippen LogP contribution in [0.15, 0.2) is 41.3 Å². The van der Waals surface area contributed by atoms with Crippen molar-refractivity contribution in [1.29, 1.82) is 0 Å². The van der Waals surface area contributed by atoms with Crippen molar-refractivity contribution in [3.63, 3.8) is 0 Å². The number of carbonyl (C=O) groups is 2. The predicted octanol–water partition coefficient (Wildman–Crippen LogP) is 5.07. The van der Waals surface area contributed by atoms with Crippen molar-refractivity contribution in [2.24, 2.45) is 11.8 Å². The second kappa shape index (κ2) is 12.2. The van der Waals surface area contributed by atoms with Crippen LogP contribution in [0, 0.1) is 25.7 Å². The van der Waals surface area contributed by atoms with Gasteiger partial charge in [0.2, 0.25) is 10.0 Å². The molecule has 0 bridgehead atoms. The molecule has 1 fully saturated rings. The van der Waals surface area contributed by atoms with Gasteiger partial charge in [0, 0.05) is 29.5 Å². The third-order valence-electron chi connectivity index (χ3n) is 7.04. The van der Waals surface area contributed by atoms with E-state index in [4.69, 9.17) is 9.47 Å². The Kier molecular flexibility index (Phi) is 9.71. The second-order valence-corrected chi connectivity index (χ2v) is 13.3. The van der Waals surface area contributed by atoms with Gasteiger partial charge in [-0.05, 0) is 88.5 Å². The Morgan fingerprint density at radius 2 is 1.68 bits per heavy atom. The van der Waals surface area contributed by atoms with E-state index in [0.717, 1.165) is 21.6 Å². The molecule has 38 heavy (non-hydrogen) atoms. The van der Waals surface area contributed by atoms with Crippen molar-refractivity contribution in [2.45, 2.75) is 58.0 Å². The molecule has 0 amide bonds. The molecule has 0 radical (unpaired) electrons. The normalized spacial score (nSPS) is 18.4. The number of nitrogens with zero attached hydrogens (tertiary/aromatic N) is 1. The van der Waals surface area contributed by atoms with Gasteiger partial charge in [-0.3, -0.25) is 4.79 Å². The summed E-state index contributed by atoms with van der Waals surface area (Å²) in [6, 6.07) is 11.6. The molecule has 0 saturated carbocycles. The highest BCUT2D eigenvalue weighted by molar-refractivity contribution is 7.98. The summed E-state index contributed by atoms with van der Waals surface area (Å²) in [6.07, 6.45) is 4.56. The van der Waals surface area contributed by atoms with E-state index in [1.807, 2.05) is 56.5 Å². The van der Waals surface area contributed by atoms with Gasteiger partial charge in [0.15, 0.2) is 11.4 Å². The van der Waals surface area contributed by atoms with Crippen molar-refractivity contribution in [2.75, 3.05) is 32.2 Å². The molecule has 0 spiro atoms. The van der Waals surface area contributed by atoms with Crippen LogP contribution in [0.25, 0.3) is 0 Å². The number of ether oxygens (including phenoxy) is 2. The van der Waals surface area contributed by atoms with Gasteiger partial charge in [0.25, 0.3) is 0 Å². The van der Waals surface area contributed by atoms with Gasteiger partial charge in [-0.2, -0.15) is 0 Å². The molecule has 3 rings (SSSR count). The van der Waals surface area contributed by atoms with Crippen LogP contribution in [-0.4, -0.2) is 62.3 Å². The number of aryl methyl sites for hydroxylation is 3. The van der Waals surface area contributed by atoms with Crippen LogP contribution in [0.3, 0.4) is 0 Å². The number of esters is 1. The molecule has 2 aromatic carbocycles. The fraction of sp³-hybridized carbons (Fsp3) is 0.517. The number of carbonyl (C=O) groups excluding carboxylic acids is 2. The maximum Gasteiger partial charge on any atom is 0.349 e. The van der Waals surface area contributed by atoms with E-state index in [9.17, 15) is 18.0 Å². The number of thioether (sulfide) groups is 1. The zero-order chi connectivity index (χ0) is 28.3. The van der Waals surface area contributed by atoms with Crippen molar-refractivity contribution in [3.8, 4) is 5.75 Å². The Morgan fingerprint density at radius 3 is 2.21 bits per heavy atom. The minimum absolute atomic E-state index is 0.00823. The van der Waals surface area contributed by atoms with E-state index >= 15 is 0 Å². The zero-order valence-corrected chi connectivity index (χ0v) is 25.0. The largest absolute Gasteiger partial charge is 0.476 e. The Morgan fingerprint density at radius 1 is 1.08 bits per heavy atom. The Hall–Kier alpha value is -2.36. The third kappa shape index (κ3) is 7.18. The number of ketones is 1. The van der Waals surface area contributed by atoms with Crippen LogP contribution < -0.4 is 4.74 Å². The lowest BCUT2D eigenvalue weighted by molar-refractivity contribution is -0.158. The standard InChI is InChI=1S/C29H39NO6S2/c1-8-35-28(32)29(4,5)36-27-19(2)15-21(16-20(27)3)9-10-23-17-30(38(7,33)34)18-25(23)26(31)22-11-13-24(37-6)14-12-22/h11-16,23,25H,8-10,17-18H2,1-7H3/t23-,25-/m0/s1. The molecule has 1 heterocycles. The maximum atomic E-state index is 13.4. The summed E-state index contributed by atoms with van der Waals surface area (Å²) in [4.78, 5) is 26.8. The van der Waals surface area contributed by atoms with Crippen LogP contribution in [0.4, 0.5) is 0 Å². The van der Waals surface area contributed by atoms with Crippen LogP contribution in [0.2, 0.25) is 0 Å². The number of sulfonamides is 1. The molecule has 2 aromatic rings. The van der Waals surface area contributed by atoms with Crippen LogP contribution in [0.5, 0.6) is 5.75 Å². The molecule has 0 aromatic heterocycles. The van der Waals surface area contributed by atoms with Crippen LogP contribution >= 0.6 is 11.8 Å². The number of rotatable bonds is 11. The SMILES string of the molecule is CCOC(=O)C(C)(C)Oc1c(C)cc(CC[C@H]2CN(S(C)(=O)=O)C[C@@H]2C(=O)c2ccc(SC)cc2)cc1C. The third-order valence-corrected chi connectivity index (χ3v) is 9.02. The molecule has 1 aliphatic rings. The van der Waals surface area contributed by atoms with E-state index in [0.29, 0.717) is 30.7 Å². The number of hydrogen-bond donors (Lipinski definition) is 0. The molecule has 1 saturated heterocycles. The number of Topliss-reactive ketones (excluding diaryl/α,β-unsaturated/α-hetero) is 1. The molecule has 0 N–H and O–H groups in total. The fourth-order valence-corrected chi connectivity index (χ4v) is 6.26. The number of benzene rings is 2. The van der Waals surface area contributed by atoms with E-state index in [1.54, 1.807) is 32.5 Å². The first-order valence-corrected chi connectivity index (χ1v) is 15.9. The Balaban J connectivity index is 1.78. The Bertz CT molecular complexity index is 1250. The summed E-state index contributed by atoms with van der Waals surface area (Å²) >= 11 is 1.61. The molecule has 0 aliphatic carbocycles. The first-order valence-electron chi connectivity index (χ1n) is 12.9. The average molecular weight is 562 g/mol. The molecule has 7 nitrogen and oxygen atoms in total. The van der Waals surface area contributed by atoms with E-state index in [2.05, 4.69) is 0 Å². The molecule has 208 valence electrons. The quantitative estimate of drug-likeness (QED) is 0.215. The van der Waals surface area contributed by atoms with Gasteiger partial charge in [0.05, 0.1) is 12.9 Å². The second-order valence-electron chi connectivity index (χ2n) is 10.5. The maximum absolute atomic E-state index is 13.4. The van der Waals surface area contributed by atoms with Gasteiger partial charge in [-0.15, -0.1) is 11.8 Å². The van der Waals surface area contributed by atoms with E-state index in [-0.39, 0.29) is 30.8 Å². The summed E-state index contributed by atoms with van der Waals surface area (Å²) in [6.45, 7) is 9.86. The summed E-state index contributed by atoms with van der Waals surface area (Å²) in [5.41, 5.74) is 2.39. The Labute approximate surface area is 231 Å². The van der Waals surface area contributed by atoms with Crippen molar-refractivity contribution in [3.05, 3.63) is 58.7 Å². The highest BCUT2D eigenvalue weighted by Gasteiger charge is 2.41. The van der Waals surface area contributed by atoms with Crippen molar-refractivity contribution in [1.82, 2.24) is 4.31 Å². The lowest BCUT2D eigenvalue weighted by Gasteiger charge is -2.26. The summed E-state index contributed by atoms with van der Waals surface area (Å²) in [5, 5.41) is 0. The predicted molar refractivity (Wildman–Crippen MR) is 152 cm³/mol. The van der Waals surface area contributed by atoms with Gasteiger partial charge in [-0.25, -0.2) is 17.5 Å². The first kappa shape index (κ1) is 30.2. The molecular formula is C29H39NO6S2. The topological polar surface area (TPSA) is 90.0 Å². The minimum atomic E-state index is -3.40. The average Bonchev–Trinajstić information content (AvgIpc) is 3.30. The molecule has 1 aliphatic heterocycles. The van der Waals surface area contributed by atoms with E-state index in [1.165, 1.54) is 10.6 Å². The van der Waals surface area contributed by atoms with Crippen molar-refractivity contribution < 1.29 is 27.5 Å². The summed E-state index contributed by atoms with van der Waals surface area (Å²) in [5.74, 6) is -0.251. The van der Waals surface area contributed by atoms with Crippen LogP contribution in [0.1, 0.15) is 54.2 Å².